The first-order valence-corrected chi connectivity index (χ1v) is 3.35. The third kappa shape index (κ3) is 1.56. The molecular weight excluding hydrogens is 127 g/mol. The Morgan fingerprint density at radius 3 is 2.00 bits per heavy atom. The average Bonchev–Trinajstić information content (AvgIpc) is 1.85. The normalized spacial score (nSPS) is 9.90. The van der Waals surface area contributed by atoms with E-state index in [1.54, 1.807) is 0 Å². The molecule has 0 aromatic heterocycles. The van der Waals surface area contributed by atoms with E-state index in [2.05, 4.69) is 0 Å². The molecule has 1 aromatic rings. The van der Waals surface area contributed by atoms with Gasteiger partial charge in [0.15, 0.2) is 0 Å². The zero-order chi connectivity index (χ0) is 7.56. The molecular formula is C9H11F. The molecule has 0 bridgehead atoms. The van der Waals surface area contributed by atoms with Gasteiger partial charge >= 0.3 is 0 Å². The summed E-state index contributed by atoms with van der Waals surface area (Å²) in [5, 5.41) is 0. The summed E-state index contributed by atoms with van der Waals surface area (Å²) >= 11 is 0. The van der Waals surface area contributed by atoms with Crippen molar-refractivity contribution in [3.8, 4) is 0 Å². The maximum absolute atomic E-state index is 12.1. The number of hydrogen-bond donors (Lipinski definition) is 0. The molecule has 0 nitrogen and oxygen atoms in total. The Hall–Kier alpha value is -0.850. The van der Waals surface area contributed by atoms with Crippen LogP contribution in [0.5, 0.6) is 0 Å². The molecule has 0 saturated heterocycles. The van der Waals surface area contributed by atoms with Gasteiger partial charge in [0.05, 0.1) is 0 Å². The molecule has 0 aliphatic carbocycles. The van der Waals surface area contributed by atoms with Crippen LogP contribution >= 0.6 is 0 Å². The topological polar surface area (TPSA) is 0 Å². The van der Waals surface area contributed by atoms with Crippen LogP contribution in [0.25, 0.3) is 0 Å². The lowest BCUT2D eigenvalue weighted by atomic mass is 10.1. The smallest absolute Gasteiger partial charge is 0.115 e. The lowest BCUT2D eigenvalue weighted by Gasteiger charge is -1.98. The lowest BCUT2D eigenvalue weighted by Crippen LogP contribution is -1.82. The number of alkyl halides is 1. The standard InChI is InChI=1S/C9H11F/c1-7-3-8(2)5-9(4-7)6-10/h3-5H,6H2,1-2H3. The fourth-order valence-corrected chi connectivity index (χ4v) is 1.15. The molecule has 0 unspecified atom stereocenters. The first kappa shape index (κ1) is 7.26. The number of hydrogen-bond acceptors (Lipinski definition) is 0. The maximum Gasteiger partial charge on any atom is 0.115 e. The number of aryl methyl sites for hydroxylation is 2. The predicted molar refractivity (Wildman–Crippen MR) is 40.7 cm³/mol. The highest BCUT2D eigenvalue weighted by atomic mass is 19.1. The minimum Gasteiger partial charge on any atom is -0.246 e. The van der Waals surface area contributed by atoms with Crippen molar-refractivity contribution in [2.75, 3.05) is 0 Å². The molecule has 0 radical (unpaired) electrons. The highest BCUT2D eigenvalue weighted by molar-refractivity contribution is 5.27. The summed E-state index contributed by atoms with van der Waals surface area (Å²) in [5.41, 5.74) is 3.04. The summed E-state index contributed by atoms with van der Waals surface area (Å²) in [6.45, 7) is 3.60. The average molecular weight is 138 g/mol. The molecule has 1 heteroatoms. The van der Waals surface area contributed by atoms with E-state index >= 15 is 0 Å². The van der Waals surface area contributed by atoms with Crippen LogP contribution in [0.4, 0.5) is 4.39 Å². The van der Waals surface area contributed by atoms with Gasteiger partial charge in [0.25, 0.3) is 0 Å². The predicted octanol–water partition coefficient (Wildman–Crippen LogP) is 2.77. The van der Waals surface area contributed by atoms with Crippen LogP contribution in [-0.4, -0.2) is 0 Å². The Kier molecular flexibility index (Phi) is 2.05. The lowest BCUT2D eigenvalue weighted by molar-refractivity contribution is 0.485. The molecule has 0 N–H and O–H groups in total. The summed E-state index contributed by atoms with van der Waals surface area (Å²) < 4.78 is 12.1. The molecule has 1 rings (SSSR count). The van der Waals surface area contributed by atoms with E-state index < -0.39 is 0 Å². The van der Waals surface area contributed by atoms with Crippen molar-refractivity contribution < 1.29 is 4.39 Å². The van der Waals surface area contributed by atoms with Crippen molar-refractivity contribution in [1.29, 1.82) is 0 Å². The van der Waals surface area contributed by atoms with Gasteiger partial charge in [0, 0.05) is 0 Å². The van der Waals surface area contributed by atoms with Crippen molar-refractivity contribution in [3.05, 3.63) is 34.9 Å². The third-order valence-electron chi connectivity index (χ3n) is 1.44. The zero-order valence-corrected chi connectivity index (χ0v) is 6.32. The van der Waals surface area contributed by atoms with Crippen LogP contribution in [0.2, 0.25) is 0 Å². The Labute approximate surface area is 60.7 Å². The third-order valence-corrected chi connectivity index (χ3v) is 1.44. The molecule has 0 heterocycles. The van der Waals surface area contributed by atoms with Gasteiger partial charge in [-0.05, 0) is 19.4 Å². The second-order valence-corrected chi connectivity index (χ2v) is 2.63. The van der Waals surface area contributed by atoms with Gasteiger partial charge in [-0.25, -0.2) is 4.39 Å². The van der Waals surface area contributed by atoms with Crippen LogP contribution in [0, 0.1) is 13.8 Å². The summed E-state index contributed by atoms with van der Waals surface area (Å²) in [6.07, 6.45) is 0. The van der Waals surface area contributed by atoms with E-state index in [0.717, 1.165) is 16.7 Å². The van der Waals surface area contributed by atoms with E-state index in [4.69, 9.17) is 0 Å². The molecule has 1 aromatic carbocycles. The van der Waals surface area contributed by atoms with Gasteiger partial charge in [0.2, 0.25) is 0 Å². The fraction of sp³-hybridized carbons (Fsp3) is 0.333. The highest BCUT2D eigenvalue weighted by Crippen LogP contribution is 2.09. The van der Waals surface area contributed by atoms with Gasteiger partial charge in [-0.1, -0.05) is 29.3 Å². The molecule has 0 aliphatic rings. The minimum absolute atomic E-state index is 0.359. The van der Waals surface area contributed by atoms with Crippen LogP contribution in [0.3, 0.4) is 0 Å². The van der Waals surface area contributed by atoms with Crippen LogP contribution in [0.15, 0.2) is 18.2 Å². The molecule has 0 spiro atoms. The maximum atomic E-state index is 12.1. The van der Waals surface area contributed by atoms with E-state index in [-0.39, 0.29) is 6.67 Å². The Balaban J connectivity index is 3.06. The first-order valence-electron chi connectivity index (χ1n) is 3.35. The summed E-state index contributed by atoms with van der Waals surface area (Å²) in [6, 6.07) is 5.78. The Morgan fingerprint density at radius 2 is 1.60 bits per heavy atom. The monoisotopic (exact) mass is 138 g/mol. The molecule has 10 heavy (non-hydrogen) atoms. The van der Waals surface area contributed by atoms with Crippen molar-refractivity contribution in [2.45, 2.75) is 20.5 Å². The number of rotatable bonds is 1. The summed E-state index contributed by atoms with van der Waals surface area (Å²) in [7, 11) is 0. The van der Waals surface area contributed by atoms with Gasteiger partial charge in [-0.15, -0.1) is 0 Å². The van der Waals surface area contributed by atoms with E-state index in [1.165, 1.54) is 0 Å². The minimum atomic E-state index is -0.359. The van der Waals surface area contributed by atoms with Crippen molar-refractivity contribution >= 4 is 0 Å². The van der Waals surface area contributed by atoms with Crippen molar-refractivity contribution in [3.63, 3.8) is 0 Å². The quantitative estimate of drug-likeness (QED) is 0.559. The largest absolute Gasteiger partial charge is 0.246 e. The molecule has 0 saturated carbocycles. The number of benzene rings is 1. The van der Waals surface area contributed by atoms with E-state index in [9.17, 15) is 4.39 Å². The van der Waals surface area contributed by atoms with Crippen molar-refractivity contribution in [1.82, 2.24) is 0 Å². The highest BCUT2D eigenvalue weighted by Gasteiger charge is 1.92. The Morgan fingerprint density at radius 1 is 1.10 bits per heavy atom. The SMILES string of the molecule is Cc1cc(C)cc(CF)c1. The molecule has 0 atom stereocenters. The van der Waals surface area contributed by atoms with Gasteiger partial charge in [-0.2, -0.15) is 0 Å². The van der Waals surface area contributed by atoms with E-state index in [0.29, 0.717) is 0 Å². The molecule has 0 fully saturated rings. The van der Waals surface area contributed by atoms with Crippen LogP contribution in [-0.2, 0) is 6.67 Å². The fourth-order valence-electron chi connectivity index (χ4n) is 1.15. The molecule has 0 amide bonds. The second-order valence-electron chi connectivity index (χ2n) is 2.63. The molecule has 54 valence electrons. The summed E-state index contributed by atoms with van der Waals surface area (Å²) in [4.78, 5) is 0. The second kappa shape index (κ2) is 2.82. The van der Waals surface area contributed by atoms with E-state index in [1.807, 2.05) is 32.0 Å². The van der Waals surface area contributed by atoms with Gasteiger partial charge in [-0.3, -0.25) is 0 Å². The van der Waals surface area contributed by atoms with Crippen LogP contribution in [0.1, 0.15) is 16.7 Å². The van der Waals surface area contributed by atoms with Crippen molar-refractivity contribution in [2.24, 2.45) is 0 Å². The first-order chi connectivity index (χ1) is 4.72. The van der Waals surface area contributed by atoms with Gasteiger partial charge < -0.3 is 0 Å². The van der Waals surface area contributed by atoms with Crippen LogP contribution < -0.4 is 0 Å². The Bertz CT molecular complexity index is 208. The number of halogens is 1. The molecule has 0 aliphatic heterocycles. The van der Waals surface area contributed by atoms with Gasteiger partial charge in [0.1, 0.15) is 6.67 Å². The summed E-state index contributed by atoms with van der Waals surface area (Å²) in [5.74, 6) is 0. The zero-order valence-electron chi connectivity index (χ0n) is 6.32.